The van der Waals surface area contributed by atoms with Crippen molar-refractivity contribution in [3.63, 3.8) is 0 Å². The van der Waals surface area contributed by atoms with Crippen LogP contribution in [0.3, 0.4) is 0 Å². The number of aryl methyl sites for hydroxylation is 1. The molecule has 1 aromatic carbocycles. The van der Waals surface area contributed by atoms with Crippen molar-refractivity contribution in [3.05, 3.63) is 28.9 Å². The van der Waals surface area contributed by atoms with Gasteiger partial charge < -0.3 is 4.98 Å². The number of thiophene rings is 1. The normalized spacial score (nSPS) is 12.0. The molecule has 3 rings (SSSR count). The Kier molecular flexibility index (Phi) is 2.04. The SMILES string of the molecule is Cc1nc2c(ccc3cc(C(C)C)sc32)[nH]1. The van der Waals surface area contributed by atoms with Crippen LogP contribution in [0.4, 0.5) is 0 Å². The molecule has 2 aromatic heterocycles. The van der Waals surface area contributed by atoms with Crippen molar-refractivity contribution < 1.29 is 0 Å². The average molecular weight is 230 g/mol. The maximum atomic E-state index is 4.57. The highest BCUT2D eigenvalue weighted by Crippen LogP contribution is 2.34. The predicted octanol–water partition coefficient (Wildman–Crippen LogP) is 4.21. The minimum absolute atomic E-state index is 0.590. The summed E-state index contributed by atoms with van der Waals surface area (Å²) in [6.45, 7) is 6.47. The quantitative estimate of drug-likeness (QED) is 0.666. The average Bonchev–Trinajstić information content (AvgIpc) is 2.77. The van der Waals surface area contributed by atoms with Gasteiger partial charge in [-0.05, 0) is 30.4 Å². The van der Waals surface area contributed by atoms with Gasteiger partial charge in [0, 0.05) is 4.88 Å². The lowest BCUT2D eigenvalue weighted by Gasteiger charge is -1.96. The molecule has 0 bridgehead atoms. The summed E-state index contributed by atoms with van der Waals surface area (Å²) < 4.78 is 1.31. The summed E-state index contributed by atoms with van der Waals surface area (Å²) in [4.78, 5) is 9.29. The Morgan fingerprint density at radius 3 is 2.88 bits per heavy atom. The van der Waals surface area contributed by atoms with E-state index in [1.165, 1.54) is 15.0 Å². The lowest BCUT2D eigenvalue weighted by atomic mass is 10.1. The highest BCUT2D eigenvalue weighted by Gasteiger charge is 2.10. The van der Waals surface area contributed by atoms with E-state index in [2.05, 4.69) is 42.0 Å². The first-order valence-electron chi connectivity index (χ1n) is 5.54. The van der Waals surface area contributed by atoms with Crippen molar-refractivity contribution in [2.75, 3.05) is 0 Å². The van der Waals surface area contributed by atoms with Gasteiger partial charge in [0.05, 0.1) is 10.2 Å². The van der Waals surface area contributed by atoms with Crippen LogP contribution in [-0.2, 0) is 0 Å². The second kappa shape index (κ2) is 3.32. The minimum atomic E-state index is 0.590. The first-order chi connectivity index (χ1) is 7.65. The highest BCUT2D eigenvalue weighted by atomic mass is 32.1. The van der Waals surface area contributed by atoms with Gasteiger partial charge in [0.25, 0.3) is 0 Å². The van der Waals surface area contributed by atoms with E-state index < -0.39 is 0 Å². The number of fused-ring (bicyclic) bond motifs is 3. The second-order valence-electron chi connectivity index (χ2n) is 4.51. The number of hydrogen-bond acceptors (Lipinski definition) is 2. The van der Waals surface area contributed by atoms with Crippen molar-refractivity contribution in [2.24, 2.45) is 0 Å². The van der Waals surface area contributed by atoms with Crippen LogP contribution in [0.5, 0.6) is 0 Å². The van der Waals surface area contributed by atoms with E-state index in [-0.39, 0.29) is 0 Å². The first-order valence-corrected chi connectivity index (χ1v) is 6.35. The van der Waals surface area contributed by atoms with Crippen LogP contribution >= 0.6 is 11.3 Å². The molecule has 3 heteroatoms. The van der Waals surface area contributed by atoms with Crippen LogP contribution in [0.2, 0.25) is 0 Å². The maximum absolute atomic E-state index is 4.57. The lowest BCUT2D eigenvalue weighted by molar-refractivity contribution is 0.890. The summed E-state index contributed by atoms with van der Waals surface area (Å²) in [6, 6.07) is 6.58. The number of imidazole rings is 1. The number of rotatable bonds is 1. The fraction of sp³-hybridized carbons (Fsp3) is 0.308. The zero-order valence-electron chi connectivity index (χ0n) is 9.66. The van der Waals surface area contributed by atoms with Crippen molar-refractivity contribution in [1.82, 2.24) is 9.97 Å². The summed E-state index contributed by atoms with van der Waals surface area (Å²) in [5.41, 5.74) is 2.26. The fourth-order valence-corrected chi connectivity index (χ4v) is 3.15. The molecule has 1 N–H and O–H groups in total. The third kappa shape index (κ3) is 1.35. The van der Waals surface area contributed by atoms with E-state index >= 15 is 0 Å². The molecule has 0 amide bonds. The van der Waals surface area contributed by atoms with Crippen LogP contribution in [0.15, 0.2) is 18.2 Å². The fourth-order valence-electron chi connectivity index (χ4n) is 2.00. The second-order valence-corrected chi connectivity index (χ2v) is 5.59. The third-order valence-corrected chi connectivity index (χ3v) is 4.30. The minimum Gasteiger partial charge on any atom is -0.342 e. The van der Waals surface area contributed by atoms with E-state index in [4.69, 9.17) is 0 Å². The van der Waals surface area contributed by atoms with Gasteiger partial charge in [-0.1, -0.05) is 19.9 Å². The lowest BCUT2D eigenvalue weighted by Crippen LogP contribution is -1.77. The highest BCUT2D eigenvalue weighted by molar-refractivity contribution is 7.20. The van der Waals surface area contributed by atoms with E-state index in [0.29, 0.717) is 5.92 Å². The monoisotopic (exact) mass is 230 g/mol. The van der Waals surface area contributed by atoms with Crippen LogP contribution in [0.25, 0.3) is 21.1 Å². The molecule has 3 aromatic rings. The summed E-state index contributed by atoms with van der Waals surface area (Å²) >= 11 is 1.87. The molecule has 16 heavy (non-hydrogen) atoms. The van der Waals surface area contributed by atoms with Crippen LogP contribution in [-0.4, -0.2) is 9.97 Å². The summed E-state index contributed by atoms with van der Waals surface area (Å²) in [7, 11) is 0. The van der Waals surface area contributed by atoms with Gasteiger partial charge in [0.15, 0.2) is 0 Å². The summed E-state index contributed by atoms with van der Waals surface area (Å²) in [5, 5.41) is 1.31. The van der Waals surface area contributed by atoms with Gasteiger partial charge >= 0.3 is 0 Å². The zero-order chi connectivity index (χ0) is 11.3. The van der Waals surface area contributed by atoms with Crippen molar-refractivity contribution in [3.8, 4) is 0 Å². The number of H-pyrrole nitrogens is 1. The standard InChI is InChI=1S/C13H14N2S/c1-7(2)11-6-9-4-5-10-12(13(9)16-11)15-8(3)14-10/h4-7H,1-3H3,(H,14,15). The molecule has 0 radical (unpaired) electrons. The molecule has 82 valence electrons. The topological polar surface area (TPSA) is 28.7 Å². The van der Waals surface area contributed by atoms with Gasteiger partial charge in [-0.25, -0.2) is 4.98 Å². The van der Waals surface area contributed by atoms with E-state index in [1.54, 1.807) is 0 Å². The molecule has 0 unspecified atom stereocenters. The molecule has 0 aliphatic heterocycles. The number of aromatic nitrogens is 2. The van der Waals surface area contributed by atoms with Gasteiger partial charge in [0.1, 0.15) is 11.3 Å². The zero-order valence-corrected chi connectivity index (χ0v) is 10.5. The Morgan fingerprint density at radius 2 is 2.12 bits per heavy atom. The Morgan fingerprint density at radius 1 is 1.31 bits per heavy atom. The van der Waals surface area contributed by atoms with Gasteiger partial charge in [-0.2, -0.15) is 0 Å². The third-order valence-electron chi connectivity index (χ3n) is 2.84. The molecule has 0 saturated carbocycles. The number of nitrogens with zero attached hydrogens (tertiary/aromatic N) is 1. The molecule has 2 heterocycles. The smallest absolute Gasteiger partial charge is 0.106 e. The molecule has 0 atom stereocenters. The predicted molar refractivity (Wildman–Crippen MR) is 70.3 cm³/mol. The molecule has 0 aliphatic carbocycles. The first kappa shape index (κ1) is 9.85. The number of aromatic amines is 1. The molecule has 2 nitrogen and oxygen atoms in total. The van der Waals surface area contributed by atoms with Crippen molar-refractivity contribution >= 4 is 32.5 Å². The molecule has 0 saturated heterocycles. The van der Waals surface area contributed by atoms with E-state index in [9.17, 15) is 0 Å². The Bertz CT molecular complexity index is 661. The van der Waals surface area contributed by atoms with Crippen LogP contribution in [0, 0.1) is 6.92 Å². The summed E-state index contributed by atoms with van der Waals surface area (Å²) in [5.74, 6) is 1.58. The Hall–Kier alpha value is -1.35. The summed E-state index contributed by atoms with van der Waals surface area (Å²) in [6.07, 6.45) is 0. The maximum Gasteiger partial charge on any atom is 0.106 e. The molecular weight excluding hydrogens is 216 g/mol. The van der Waals surface area contributed by atoms with Gasteiger partial charge in [-0.3, -0.25) is 0 Å². The number of benzene rings is 1. The van der Waals surface area contributed by atoms with Crippen molar-refractivity contribution in [1.29, 1.82) is 0 Å². The van der Waals surface area contributed by atoms with Gasteiger partial charge in [0.2, 0.25) is 0 Å². The molecule has 0 spiro atoms. The molecule has 0 aliphatic rings. The molecular formula is C13H14N2S. The Labute approximate surface area is 98.3 Å². The Balaban J connectivity index is 2.40. The van der Waals surface area contributed by atoms with Crippen LogP contribution in [0.1, 0.15) is 30.5 Å². The number of hydrogen-bond donors (Lipinski definition) is 1. The van der Waals surface area contributed by atoms with Gasteiger partial charge in [-0.15, -0.1) is 11.3 Å². The number of nitrogens with one attached hydrogen (secondary N) is 1. The molecule has 0 fully saturated rings. The van der Waals surface area contributed by atoms with Crippen molar-refractivity contribution in [2.45, 2.75) is 26.7 Å². The van der Waals surface area contributed by atoms with E-state index in [0.717, 1.165) is 16.9 Å². The van der Waals surface area contributed by atoms with E-state index in [1.807, 2.05) is 18.3 Å². The van der Waals surface area contributed by atoms with Crippen LogP contribution < -0.4 is 0 Å². The largest absolute Gasteiger partial charge is 0.342 e.